The Morgan fingerprint density at radius 2 is 1.64 bits per heavy atom. The average Bonchev–Trinajstić information content (AvgIpc) is 2.97. The number of rotatable bonds is 3. The minimum absolute atomic E-state index is 0.269. The van der Waals surface area contributed by atoms with Crippen LogP contribution in [0.15, 0.2) is 60.7 Å². The summed E-state index contributed by atoms with van der Waals surface area (Å²) in [6.07, 6.45) is 0. The van der Waals surface area contributed by atoms with E-state index in [1.807, 2.05) is 55.5 Å². The number of carbonyl (C=O) groups is 1. The van der Waals surface area contributed by atoms with Gasteiger partial charge in [0, 0.05) is 16.0 Å². The minimum Gasteiger partial charge on any atom is -0.267 e. The molecule has 4 nitrogen and oxygen atoms in total. The van der Waals surface area contributed by atoms with E-state index in [9.17, 15) is 4.79 Å². The van der Waals surface area contributed by atoms with Gasteiger partial charge in [0.1, 0.15) is 0 Å². The molecule has 0 aliphatic carbocycles. The van der Waals surface area contributed by atoms with Crippen molar-refractivity contribution in [1.82, 2.24) is 4.98 Å². The highest BCUT2D eigenvalue weighted by atomic mass is 32.1. The Hall–Kier alpha value is -2.50. The quantitative estimate of drug-likeness (QED) is 0.456. The maximum absolute atomic E-state index is 12.4. The highest BCUT2D eigenvalue weighted by molar-refractivity contribution is 7.16. The molecule has 1 aromatic heterocycles. The van der Waals surface area contributed by atoms with Gasteiger partial charge < -0.3 is 0 Å². The number of nitrogens with two attached hydrogens (primary N) is 1. The van der Waals surface area contributed by atoms with Gasteiger partial charge >= 0.3 is 0 Å². The second kappa shape index (κ2) is 6.09. The molecular formula is C17H15N3OS. The largest absolute Gasteiger partial charge is 0.274 e. The topological polar surface area (TPSA) is 59.2 Å². The van der Waals surface area contributed by atoms with Crippen molar-refractivity contribution >= 4 is 22.4 Å². The molecule has 0 atom stereocenters. The van der Waals surface area contributed by atoms with Gasteiger partial charge in [-0.15, -0.1) is 0 Å². The van der Waals surface area contributed by atoms with Crippen LogP contribution in [0.5, 0.6) is 0 Å². The van der Waals surface area contributed by atoms with E-state index in [0.29, 0.717) is 10.7 Å². The third-order valence-electron chi connectivity index (χ3n) is 3.28. The number of aryl methyl sites for hydroxylation is 1. The van der Waals surface area contributed by atoms with Crippen LogP contribution in [0.25, 0.3) is 11.3 Å². The molecule has 0 unspecified atom stereocenters. The van der Waals surface area contributed by atoms with Gasteiger partial charge in [-0.25, -0.2) is 15.8 Å². The molecule has 2 aromatic carbocycles. The number of amides is 1. The van der Waals surface area contributed by atoms with Crippen molar-refractivity contribution in [3.63, 3.8) is 0 Å². The molecule has 0 bridgehead atoms. The van der Waals surface area contributed by atoms with Crippen molar-refractivity contribution in [3.05, 3.63) is 71.1 Å². The SMILES string of the molecule is Cc1sc(N(N)C(=O)c2ccccc2)nc1-c1ccccc1. The predicted octanol–water partition coefficient (Wildman–Crippen LogP) is 3.64. The third kappa shape index (κ3) is 2.77. The summed E-state index contributed by atoms with van der Waals surface area (Å²) in [5.74, 6) is 5.69. The van der Waals surface area contributed by atoms with Crippen LogP contribution in [0.1, 0.15) is 15.2 Å². The first-order valence-corrected chi connectivity index (χ1v) is 7.65. The van der Waals surface area contributed by atoms with Crippen molar-refractivity contribution < 1.29 is 4.79 Å². The number of hydrazine groups is 1. The Morgan fingerprint density at radius 1 is 1.05 bits per heavy atom. The van der Waals surface area contributed by atoms with E-state index in [1.54, 1.807) is 12.1 Å². The first-order chi connectivity index (χ1) is 10.7. The van der Waals surface area contributed by atoms with Crippen molar-refractivity contribution in [3.8, 4) is 11.3 Å². The van der Waals surface area contributed by atoms with E-state index in [2.05, 4.69) is 4.98 Å². The van der Waals surface area contributed by atoms with Crippen molar-refractivity contribution in [1.29, 1.82) is 0 Å². The molecule has 5 heteroatoms. The van der Waals surface area contributed by atoms with E-state index in [4.69, 9.17) is 5.84 Å². The summed E-state index contributed by atoms with van der Waals surface area (Å²) in [5, 5.41) is 1.60. The van der Waals surface area contributed by atoms with Crippen LogP contribution in [0.3, 0.4) is 0 Å². The highest BCUT2D eigenvalue weighted by Crippen LogP contribution is 2.31. The molecule has 0 radical (unpaired) electrons. The van der Waals surface area contributed by atoms with E-state index < -0.39 is 0 Å². The van der Waals surface area contributed by atoms with E-state index >= 15 is 0 Å². The molecule has 1 heterocycles. The van der Waals surface area contributed by atoms with Gasteiger partial charge in [-0.2, -0.15) is 0 Å². The van der Waals surface area contributed by atoms with Gasteiger partial charge in [-0.3, -0.25) is 4.79 Å². The number of aromatic nitrogens is 1. The number of thiazole rings is 1. The first-order valence-electron chi connectivity index (χ1n) is 6.84. The molecule has 0 aliphatic heterocycles. The Morgan fingerprint density at radius 3 is 2.27 bits per heavy atom. The fourth-order valence-corrected chi connectivity index (χ4v) is 3.01. The summed E-state index contributed by atoms with van der Waals surface area (Å²) in [7, 11) is 0. The molecule has 0 saturated carbocycles. The fraction of sp³-hybridized carbons (Fsp3) is 0.0588. The van der Waals surface area contributed by atoms with Crippen LogP contribution in [0, 0.1) is 6.92 Å². The molecule has 3 rings (SSSR count). The van der Waals surface area contributed by atoms with Crippen molar-refractivity contribution in [2.75, 3.05) is 5.01 Å². The Kier molecular flexibility index (Phi) is 4.00. The number of hydrogen-bond donors (Lipinski definition) is 1. The number of hydrogen-bond acceptors (Lipinski definition) is 4. The van der Waals surface area contributed by atoms with Gasteiger partial charge in [0.05, 0.1) is 5.69 Å². The lowest BCUT2D eigenvalue weighted by atomic mass is 10.1. The molecular weight excluding hydrogens is 294 g/mol. The summed E-state index contributed by atoms with van der Waals surface area (Å²) >= 11 is 1.41. The van der Waals surface area contributed by atoms with Crippen LogP contribution in [0.2, 0.25) is 0 Å². The smallest absolute Gasteiger partial charge is 0.267 e. The number of carbonyl (C=O) groups excluding carboxylic acids is 1. The van der Waals surface area contributed by atoms with Crippen molar-refractivity contribution in [2.24, 2.45) is 5.84 Å². The molecule has 0 spiro atoms. The first kappa shape index (κ1) is 14.4. The summed E-state index contributed by atoms with van der Waals surface area (Å²) in [4.78, 5) is 17.9. The molecule has 0 aliphatic rings. The normalized spacial score (nSPS) is 10.5. The Balaban J connectivity index is 1.91. The monoisotopic (exact) mass is 309 g/mol. The van der Waals surface area contributed by atoms with Crippen LogP contribution < -0.4 is 10.9 Å². The molecule has 1 amide bonds. The van der Waals surface area contributed by atoms with Gasteiger partial charge in [0.15, 0.2) is 0 Å². The zero-order valence-electron chi connectivity index (χ0n) is 12.1. The molecule has 0 fully saturated rings. The predicted molar refractivity (Wildman–Crippen MR) is 89.7 cm³/mol. The van der Waals surface area contributed by atoms with Gasteiger partial charge in [0.2, 0.25) is 5.13 Å². The second-order valence-electron chi connectivity index (χ2n) is 4.81. The summed E-state index contributed by atoms with van der Waals surface area (Å²) < 4.78 is 0. The summed E-state index contributed by atoms with van der Waals surface area (Å²) in [6, 6.07) is 18.8. The van der Waals surface area contributed by atoms with Crippen LogP contribution >= 0.6 is 11.3 Å². The molecule has 22 heavy (non-hydrogen) atoms. The number of benzene rings is 2. The van der Waals surface area contributed by atoms with Crippen molar-refractivity contribution in [2.45, 2.75) is 6.92 Å². The van der Waals surface area contributed by atoms with E-state index in [1.165, 1.54) is 11.3 Å². The van der Waals surface area contributed by atoms with E-state index in [-0.39, 0.29) is 5.91 Å². The Labute approximate surface area is 132 Å². The number of anilines is 1. The molecule has 110 valence electrons. The highest BCUT2D eigenvalue weighted by Gasteiger charge is 2.19. The molecule has 2 N–H and O–H groups in total. The second-order valence-corrected chi connectivity index (χ2v) is 5.99. The zero-order valence-corrected chi connectivity index (χ0v) is 12.9. The van der Waals surface area contributed by atoms with Crippen LogP contribution in [-0.4, -0.2) is 10.9 Å². The lowest BCUT2D eigenvalue weighted by Crippen LogP contribution is -2.37. The summed E-state index contributed by atoms with van der Waals surface area (Å²) in [6.45, 7) is 1.98. The van der Waals surface area contributed by atoms with E-state index in [0.717, 1.165) is 21.1 Å². The zero-order chi connectivity index (χ0) is 15.5. The van der Waals surface area contributed by atoms with Gasteiger partial charge in [-0.1, -0.05) is 59.9 Å². The third-order valence-corrected chi connectivity index (χ3v) is 4.25. The summed E-state index contributed by atoms with van der Waals surface area (Å²) in [5.41, 5.74) is 2.42. The lowest BCUT2D eigenvalue weighted by Gasteiger charge is -2.12. The average molecular weight is 309 g/mol. The van der Waals surface area contributed by atoms with Gasteiger partial charge in [-0.05, 0) is 19.1 Å². The minimum atomic E-state index is -0.269. The Bertz CT molecular complexity index is 784. The van der Waals surface area contributed by atoms with Crippen LogP contribution in [0.4, 0.5) is 5.13 Å². The maximum Gasteiger partial charge on any atom is 0.274 e. The van der Waals surface area contributed by atoms with Gasteiger partial charge in [0.25, 0.3) is 5.91 Å². The number of nitrogens with zero attached hydrogens (tertiary/aromatic N) is 2. The lowest BCUT2D eigenvalue weighted by molar-refractivity contribution is 0.0987. The van der Waals surface area contributed by atoms with Crippen LogP contribution in [-0.2, 0) is 0 Å². The standard InChI is InChI=1S/C17H15N3OS/c1-12-15(13-8-4-2-5-9-13)19-17(22-12)20(18)16(21)14-10-6-3-7-11-14/h2-11H,18H2,1H3. The molecule has 0 saturated heterocycles. The fourth-order valence-electron chi connectivity index (χ4n) is 2.16. The maximum atomic E-state index is 12.4. The molecule has 3 aromatic rings.